The molecule has 14 nitrogen and oxygen atoms in total. The molecular formula is C55H61N5O9Si. The molecule has 0 bridgehead atoms. The minimum atomic E-state index is -2.30. The maximum Gasteiger partial charge on any atom is 0.420 e. The smallest absolute Gasteiger partial charge is 0.420 e. The topological polar surface area (TPSA) is 188 Å². The fourth-order valence-corrected chi connectivity index (χ4v) is 10.2. The highest BCUT2D eigenvalue weighted by molar-refractivity contribution is 6.74. The van der Waals surface area contributed by atoms with Gasteiger partial charge < -0.3 is 39.4 Å². The molecule has 0 unspecified atom stereocenters. The van der Waals surface area contributed by atoms with E-state index in [-0.39, 0.29) is 41.6 Å². The fourth-order valence-electron chi connectivity index (χ4n) is 8.90. The predicted molar refractivity (Wildman–Crippen MR) is 277 cm³/mol. The van der Waals surface area contributed by atoms with Gasteiger partial charge in [0, 0.05) is 48.7 Å². The number of alkyl carbamates (subject to hydrolysis) is 1. The van der Waals surface area contributed by atoms with Crippen LogP contribution < -0.4 is 26.8 Å². The van der Waals surface area contributed by atoms with Crippen LogP contribution in [-0.2, 0) is 28.9 Å². The van der Waals surface area contributed by atoms with Gasteiger partial charge in [0.05, 0.1) is 22.8 Å². The Kier molecular flexibility index (Phi) is 14.9. The zero-order chi connectivity index (χ0) is 49.6. The van der Waals surface area contributed by atoms with Gasteiger partial charge in [-0.05, 0) is 102 Å². The first-order valence-electron chi connectivity index (χ1n) is 23.8. The number of hydrogen-bond donors (Lipinski definition) is 5. The number of hydrogen-bond acceptors (Lipinski definition) is 9. The molecule has 1 atom stereocenters. The number of aromatic amines is 1. The highest BCUT2D eigenvalue weighted by atomic mass is 28.4. The molecule has 0 spiro atoms. The summed E-state index contributed by atoms with van der Waals surface area (Å²) in [6.07, 6.45) is 4.05. The van der Waals surface area contributed by atoms with Crippen molar-refractivity contribution in [1.82, 2.24) is 20.2 Å². The SMILES string of the molecule is CC(C)(C)[Si](C)(C)O[C@@H](CNCc1ccc2oc(=O)n(CC=Cc3ccc(-c4ccccc4)c(N(C(=O)O)[C@H]4CC[C@H](NC(=O)OCc5ccccc5)CC4)c3)c2c1)c1ccc(O)c2[nH]c(=O)ccc12. The molecule has 0 radical (unpaired) electrons. The van der Waals surface area contributed by atoms with Gasteiger partial charge in [0.2, 0.25) is 5.56 Å². The number of anilines is 1. The van der Waals surface area contributed by atoms with E-state index >= 15 is 0 Å². The number of pyridine rings is 1. The third-order valence-corrected chi connectivity index (χ3v) is 18.1. The largest absolute Gasteiger partial charge is 0.506 e. The van der Waals surface area contributed by atoms with Crippen LogP contribution in [0.3, 0.4) is 0 Å². The van der Waals surface area contributed by atoms with Crippen molar-refractivity contribution in [2.24, 2.45) is 0 Å². The second-order valence-corrected chi connectivity index (χ2v) is 24.2. The van der Waals surface area contributed by atoms with Gasteiger partial charge in [0.25, 0.3) is 0 Å². The summed E-state index contributed by atoms with van der Waals surface area (Å²) in [5, 5.41) is 28.6. The van der Waals surface area contributed by atoms with Crippen molar-refractivity contribution in [2.45, 2.75) is 102 Å². The molecular weight excluding hydrogens is 903 g/mol. The van der Waals surface area contributed by atoms with Crippen LogP contribution in [0.2, 0.25) is 18.1 Å². The zero-order valence-corrected chi connectivity index (χ0v) is 41.2. The molecule has 1 fully saturated rings. The third kappa shape index (κ3) is 11.4. The quantitative estimate of drug-likeness (QED) is 0.0583. The van der Waals surface area contributed by atoms with Crippen LogP contribution in [0.1, 0.15) is 74.8 Å². The number of phenols is 1. The molecule has 0 aliphatic heterocycles. The molecule has 5 N–H and O–H groups in total. The van der Waals surface area contributed by atoms with Gasteiger partial charge in [-0.25, -0.2) is 14.4 Å². The fraction of sp³-hybridized carbons (Fsp3) is 0.309. The van der Waals surface area contributed by atoms with E-state index in [0.29, 0.717) is 66.5 Å². The van der Waals surface area contributed by atoms with Gasteiger partial charge in [-0.3, -0.25) is 14.3 Å². The highest BCUT2D eigenvalue weighted by Gasteiger charge is 2.40. The summed E-state index contributed by atoms with van der Waals surface area (Å²) in [6, 6.07) is 36.7. The number of nitrogens with zero attached hydrogens (tertiary/aromatic N) is 2. The summed E-state index contributed by atoms with van der Waals surface area (Å²) in [5.41, 5.74) is 6.75. The summed E-state index contributed by atoms with van der Waals surface area (Å²) in [7, 11) is -2.30. The van der Waals surface area contributed by atoms with Crippen molar-refractivity contribution >= 4 is 54.3 Å². The van der Waals surface area contributed by atoms with Crippen LogP contribution in [-0.4, -0.2) is 58.9 Å². The van der Waals surface area contributed by atoms with Crippen LogP contribution in [0.4, 0.5) is 15.3 Å². The molecule has 8 rings (SSSR count). The Morgan fingerprint density at radius 1 is 0.900 bits per heavy atom. The van der Waals surface area contributed by atoms with E-state index < -0.39 is 32.4 Å². The molecule has 2 heterocycles. The molecule has 70 heavy (non-hydrogen) atoms. The van der Waals surface area contributed by atoms with E-state index in [1.807, 2.05) is 109 Å². The van der Waals surface area contributed by atoms with Crippen LogP contribution in [0.15, 0.2) is 141 Å². The Morgan fingerprint density at radius 3 is 2.34 bits per heavy atom. The van der Waals surface area contributed by atoms with E-state index in [0.717, 1.165) is 33.4 Å². The van der Waals surface area contributed by atoms with E-state index in [2.05, 4.69) is 49.5 Å². The number of carboxylic acid groups (broad SMARTS) is 1. The van der Waals surface area contributed by atoms with E-state index in [4.69, 9.17) is 13.6 Å². The van der Waals surface area contributed by atoms with Crippen molar-refractivity contribution in [3.8, 4) is 16.9 Å². The molecule has 0 saturated heterocycles. The lowest BCUT2D eigenvalue weighted by molar-refractivity contribution is 0.132. The number of phenolic OH excluding ortho intramolecular Hbond substituents is 1. The number of benzene rings is 5. The third-order valence-electron chi connectivity index (χ3n) is 13.7. The van der Waals surface area contributed by atoms with Gasteiger partial charge in [-0.2, -0.15) is 0 Å². The summed E-state index contributed by atoms with van der Waals surface area (Å²) >= 11 is 0. The average molecular weight is 964 g/mol. The first kappa shape index (κ1) is 49.2. The molecule has 7 aromatic rings. The Bertz CT molecular complexity index is 3110. The number of rotatable bonds is 16. The molecule has 1 saturated carbocycles. The molecule has 1 aliphatic carbocycles. The molecule has 2 amide bonds. The van der Waals surface area contributed by atoms with Gasteiger partial charge in [0.15, 0.2) is 13.9 Å². The normalized spacial score (nSPS) is 15.8. The number of nitrogens with one attached hydrogen (secondary N) is 3. The minimum absolute atomic E-state index is 0.0134. The molecule has 15 heteroatoms. The van der Waals surface area contributed by atoms with Crippen molar-refractivity contribution in [3.05, 3.63) is 171 Å². The Morgan fingerprint density at radius 2 is 1.63 bits per heavy atom. The second kappa shape index (κ2) is 21.2. The first-order chi connectivity index (χ1) is 33.5. The van der Waals surface area contributed by atoms with Crippen LogP contribution in [0, 0.1) is 0 Å². The molecule has 1 aliphatic rings. The maximum absolute atomic E-state index is 13.3. The number of carbonyl (C=O) groups excluding carboxylic acids is 1. The number of aromatic nitrogens is 2. The summed E-state index contributed by atoms with van der Waals surface area (Å²) in [4.78, 5) is 55.6. The number of allylic oxidation sites excluding steroid dienone is 1. The summed E-state index contributed by atoms with van der Waals surface area (Å²) < 4.78 is 19.7. The van der Waals surface area contributed by atoms with E-state index in [1.165, 1.54) is 11.0 Å². The van der Waals surface area contributed by atoms with Gasteiger partial charge >= 0.3 is 17.9 Å². The van der Waals surface area contributed by atoms with Gasteiger partial charge in [-0.1, -0.05) is 118 Å². The van der Waals surface area contributed by atoms with Crippen LogP contribution in [0.5, 0.6) is 5.75 Å². The average Bonchev–Trinajstić information content (AvgIpc) is 3.65. The van der Waals surface area contributed by atoms with Crippen molar-refractivity contribution in [3.63, 3.8) is 0 Å². The van der Waals surface area contributed by atoms with E-state index in [1.54, 1.807) is 22.8 Å². The van der Waals surface area contributed by atoms with E-state index in [9.17, 15) is 29.4 Å². The lowest BCUT2D eigenvalue weighted by atomic mass is 9.89. The second-order valence-electron chi connectivity index (χ2n) is 19.5. The maximum atomic E-state index is 13.3. The number of ether oxygens (including phenoxy) is 1. The van der Waals surface area contributed by atoms with Crippen molar-refractivity contribution in [1.29, 1.82) is 0 Å². The lowest BCUT2D eigenvalue weighted by Gasteiger charge is -2.39. The van der Waals surface area contributed by atoms with Crippen molar-refractivity contribution in [2.75, 3.05) is 11.4 Å². The molecule has 364 valence electrons. The molecule has 5 aromatic carbocycles. The Labute approximate surface area is 407 Å². The number of fused-ring (bicyclic) bond motifs is 2. The Hall–Kier alpha value is -7.20. The zero-order valence-electron chi connectivity index (χ0n) is 40.2. The highest BCUT2D eigenvalue weighted by Crippen LogP contribution is 2.41. The number of amides is 2. The predicted octanol–water partition coefficient (Wildman–Crippen LogP) is 11.1. The first-order valence-corrected chi connectivity index (χ1v) is 26.7. The number of carbonyl (C=O) groups is 2. The van der Waals surface area contributed by atoms with Gasteiger partial charge in [0.1, 0.15) is 12.4 Å². The number of aromatic hydroxyl groups is 1. The lowest BCUT2D eigenvalue weighted by Crippen LogP contribution is -2.46. The summed E-state index contributed by atoms with van der Waals surface area (Å²) in [5.74, 6) is -0.517. The van der Waals surface area contributed by atoms with Crippen LogP contribution >= 0.6 is 0 Å². The van der Waals surface area contributed by atoms with Crippen LogP contribution in [0.25, 0.3) is 39.2 Å². The standard InChI is InChI=1S/C55H61N5O9Si/c1-55(2,3)70(4,5)69-49(43-25-27-47(61)51-44(43)26-29-50(62)58-51)34-56-33-38-19-28-48-46(32-38)59(54(66)68-48)30-12-15-36-18-24-42(39-16-10-7-11-17-39)45(31-36)60(53(64)65)41-22-20-40(21-23-41)57-52(63)67-35-37-13-8-6-9-14-37/h6-19,24-29,31-32,40-41,49,56,61H,20-23,30,33-35H2,1-5H3,(H,57,63)(H,58,62)(H,64,65)/t40-,41-,49-/m0/s1. The summed E-state index contributed by atoms with van der Waals surface area (Å²) in [6.45, 7) is 12.2. The minimum Gasteiger partial charge on any atom is -0.506 e. The number of H-pyrrole nitrogens is 1. The van der Waals surface area contributed by atoms with Gasteiger partial charge in [-0.15, -0.1) is 0 Å². The molecule has 2 aromatic heterocycles. The van der Waals surface area contributed by atoms with Crippen molar-refractivity contribution < 1.29 is 33.4 Å². The Balaban J connectivity index is 0.976. The number of oxazole rings is 1. The monoisotopic (exact) mass is 963 g/mol.